The van der Waals surface area contributed by atoms with Crippen LogP contribution in [0.5, 0.6) is 5.75 Å². The maximum atomic E-state index is 9.25. The van der Waals surface area contributed by atoms with Crippen LogP contribution >= 0.6 is 0 Å². The highest BCUT2D eigenvalue weighted by Gasteiger charge is 2.03. The SMILES string of the molecule is COc1ccc(Cn2ccc3ccc(CO)cc32)cc1. The van der Waals surface area contributed by atoms with E-state index in [0.717, 1.165) is 23.4 Å². The number of aliphatic hydroxyl groups excluding tert-OH is 1. The number of benzene rings is 2. The second-order valence-electron chi connectivity index (χ2n) is 4.84. The maximum absolute atomic E-state index is 9.25. The third-order valence-corrected chi connectivity index (χ3v) is 3.53. The van der Waals surface area contributed by atoms with Crippen LogP contribution < -0.4 is 4.74 Å². The van der Waals surface area contributed by atoms with Crippen LogP contribution in [0.25, 0.3) is 10.9 Å². The normalized spacial score (nSPS) is 10.9. The van der Waals surface area contributed by atoms with Gasteiger partial charge in [0.25, 0.3) is 0 Å². The van der Waals surface area contributed by atoms with Gasteiger partial charge in [-0.3, -0.25) is 0 Å². The van der Waals surface area contributed by atoms with E-state index >= 15 is 0 Å². The van der Waals surface area contributed by atoms with Crippen LogP contribution in [0.3, 0.4) is 0 Å². The molecule has 1 heterocycles. The number of aliphatic hydroxyl groups is 1. The van der Waals surface area contributed by atoms with Gasteiger partial charge in [-0.05, 0) is 40.8 Å². The number of fused-ring (bicyclic) bond motifs is 1. The average molecular weight is 267 g/mol. The fraction of sp³-hybridized carbons (Fsp3) is 0.176. The lowest BCUT2D eigenvalue weighted by Gasteiger charge is -2.07. The highest BCUT2D eigenvalue weighted by Crippen LogP contribution is 2.20. The molecule has 3 aromatic rings. The Labute approximate surface area is 118 Å². The van der Waals surface area contributed by atoms with Crippen LogP contribution in [-0.4, -0.2) is 16.8 Å². The summed E-state index contributed by atoms with van der Waals surface area (Å²) < 4.78 is 7.36. The Morgan fingerprint density at radius 2 is 1.75 bits per heavy atom. The smallest absolute Gasteiger partial charge is 0.118 e. The molecule has 0 unspecified atom stereocenters. The van der Waals surface area contributed by atoms with Gasteiger partial charge in [-0.25, -0.2) is 0 Å². The summed E-state index contributed by atoms with van der Waals surface area (Å²) in [5.41, 5.74) is 3.30. The second-order valence-corrected chi connectivity index (χ2v) is 4.84. The van der Waals surface area contributed by atoms with Gasteiger partial charge in [-0.2, -0.15) is 0 Å². The summed E-state index contributed by atoms with van der Waals surface area (Å²) in [6, 6.07) is 16.2. The van der Waals surface area contributed by atoms with E-state index in [0.29, 0.717) is 0 Å². The largest absolute Gasteiger partial charge is 0.497 e. The van der Waals surface area contributed by atoms with Crippen molar-refractivity contribution in [3.63, 3.8) is 0 Å². The molecule has 0 aliphatic rings. The first-order valence-corrected chi connectivity index (χ1v) is 6.62. The fourth-order valence-corrected chi connectivity index (χ4v) is 2.39. The summed E-state index contributed by atoms with van der Waals surface area (Å²) >= 11 is 0. The number of hydrogen-bond acceptors (Lipinski definition) is 2. The molecule has 3 nitrogen and oxygen atoms in total. The van der Waals surface area contributed by atoms with Crippen LogP contribution in [0.15, 0.2) is 54.7 Å². The Balaban J connectivity index is 1.93. The van der Waals surface area contributed by atoms with Crippen molar-refractivity contribution in [2.45, 2.75) is 13.2 Å². The van der Waals surface area contributed by atoms with Crippen molar-refractivity contribution in [2.24, 2.45) is 0 Å². The molecule has 3 rings (SSSR count). The fourth-order valence-electron chi connectivity index (χ4n) is 2.39. The first kappa shape index (κ1) is 12.8. The van der Waals surface area contributed by atoms with Gasteiger partial charge in [-0.15, -0.1) is 0 Å². The summed E-state index contributed by atoms with van der Waals surface area (Å²) in [7, 11) is 1.67. The third kappa shape index (κ3) is 2.40. The van der Waals surface area contributed by atoms with Crippen LogP contribution in [-0.2, 0) is 13.2 Å². The lowest BCUT2D eigenvalue weighted by atomic mass is 10.1. The number of aromatic nitrogens is 1. The van der Waals surface area contributed by atoms with E-state index in [-0.39, 0.29) is 6.61 Å². The van der Waals surface area contributed by atoms with Gasteiger partial charge < -0.3 is 14.4 Å². The van der Waals surface area contributed by atoms with E-state index in [9.17, 15) is 5.11 Å². The molecule has 0 amide bonds. The summed E-state index contributed by atoms with van der Waals surface area (Å²) in [6.45, 7) is 0.881. The van der Waals surface area contributed by atoms with Crippen molar-refractivity contribution < 1.29 is 9.84 Å². The van der Waals surface area contributed by atoms with Crippen LogP contribution in [0.4, 0.5) is 0 Å². The molecule has 0 saturated carbocycles. The first-order valence-electron chi connectivity index (χ1n) is 6.62. The summed E-state index contributed by atoms with van der Waals surface area (Å²) in [6.07, 6.45) is 2.08. The van der Waals surface area contributed by atoms with E-state index < -0.39 is 0 Å². The number of methoxy groups -OCH3 is 1. The Bertz CT molecular complexity index is 713. The predicted molar refractivity (Wildman–Crippen MR) is 80.0 cm³/mol. The van der Waals surface area contributed by atoms with Crippen molar-refractivity contribution in [3.8, 4) is 5.75 Å². The lowest BCUT2D eigenvalue weighted by molar-refractivity contribution is 0.282. The maximum Gasteiger partial charge on any atom is 0.118 e. The van der Waals surface area contributed by atoms with Crippen molar-refractivity contribution in [1.29, 1.82) is 0 Å². The monoisotopic (exact) mass is 267 g/mol. The predicted octanol–water partition coefficient (Wildman–Crippen LogP) is 3.19. The van der Waals surface area contributed by atoms with Crippen molar-refractivity contribution in [2.75, 3.05) is 7.11 Å². The molecule has 0 saturated heterocycles. The average Bonchev–Trinajstić information content (AvgIpc) is 2.90. The standard InChI is InChI=1S/C17H17NO2/c1-20-16-6-3-13(4-7-16)11-18-9-8-15-5-2-14(12-19)10-17(15)18/h2-10,19H,11-12H2,1H3. The number of rotatable bonds is 4. The van der Waals surface area contributed by atoms with E-state index in [1.807, 2.05) is 30.3 Å². The molecule has 3 heteroatoms. The van der Waals surface area contributed by atoms with Crippen LogP contribution in [0.1, 0.15) is 11.1 Å². The Morgan fingerprint density at radius 3 is 2.45 bits per heavy atom. The summed E-state index contributed by atoms with van der Waals surface area (Å²) in [4.78, 5) is 0. The summed E-state index contributed by atoms with van der Waals surface area (Å²) in [5.74, 6) is 0.869. The molecule has 0 aliphatic heterocycles. The van der Waals surface area contributed by atoms with Gasteiger partial charge in [0.15, 0.2) is 0 Å². The number of nitrogens with zero attached hydrogens (tertiary/aromatic N) is 1. The zero-order chi connectivity index (χ0) is 13.9. The molecule has 1 N–H and O–H groups in total. The molecule has 0 atom stereocenters. The quantitative estimate of drug-likeness (QED) is 0.787. The van der Waals surface area contributed by atoms with Gasteiger partial charge >= 0.3 is 0 Å². The van der Waals surface area contributed by atoms with Gasteiger partial charge in [0, 0.05) is 18.3 Å². The highest BCUT2D eigenvalue weighted by atomic mass is 16.5. The number of hydrogen-bond donors (Lipinski definition) is 1. The minimum absolute atomic E-state index is 0.0731. The minimum atomic E-state index is 0.0731. The van der Waals surface area contributed by atoms with E-state index in [1.165, 1.54) is 10.9 Å². The van der Waals surface area contributed by atoms with E-state index in [1.54, 1.807) is 7.11 Å². The molecule has 1 aromatic heterocycles. The van der Waals surface area contributed by atoms with Crippen molar-refractivity contribution >= 4 is 10.9 Å². The van der Waals surface area contributed by atoms with Crippen LogP contribution in [0.2, 0.25) is 0 Å². The molecule has 20 heavy (non-hydrogen) atoms. The lowest BCUT2D eigenvalue weighted by Crippen LogP contribution is -1.98. The molecule has 0 radical (unpaired) electrons. The van der Waals surface area contributed by atoms with Gasteiger partial charge in [0.05, 0.1) is 13.7 Å². The Hall–Kier alpha value is -2.26. The zero-order valence-electron chi connectivity index (χ0n) is 11.4. The Kier molecular flexibility index (Phi) is 3.44. The molecule has 0 fully saturated rings. The second kappa shape index (κ2) is 5.39. The topological polar surface area (TPSA) is 34.4 Å². The number of ether oxygens (including phenoxy) is 1. The highest BCUT2D eigenvalue weighted by molar-refractivity contribution is 5.80. The minimum Gasteiger partial charge on any atom is -0.497 e. The Morgan fingerprint density at radius 1 is 1.00 bits per heavy atom. The van der Waals surface area contributed by atoms with Crippen molar-refractivity contribution in [1.82, 2.24) is 4.57 Å². The van der Waals surface area contributed by atoms with Crippen LogP contribution in [0, 0.1) is 0 Å². The molecular formula is C17H17NO2. The third-order valence-electron chi connectivity index (χ3n) is 3.53. The molecular weight excluding hydrogens is 250 g/mol. The summed E-state index contributed by atoms with van der Waals surface area (Å²) in [5, 5.41) is 10.4. The zero-order valence-corrected chi connectivity index (χ0v) is 11.4. The molecule has 0 bridgehead atoms. The van der Waals surface area contributed by atoms with Gasteiger partial charge in [0.2, 0.25) is 0 Å². The molecule has 0 spiro atoms. The van der Waals surface area contributed by atoms with Gasteiger partial charge in [0.1, 0.15) is 5.75 Å². The molecule has 2 aromatic carbocycles. The van der Waals surface area contributed by atoms with E-state index in [4.69, 9.17) is 4.74 Å². The van der Waals surface area contributed by atoms with Crippen molar-refractivity contribution in [3.05, 3.63) is 65.9 Å². The van der Waals surface area contributed by atoms with Gasteiger partial charge in [-0.1, -0.05) is 24.3 Å². The molecule has 102 valence electrons. The van der Waals surface area contributed by atoms with E-state index in [2.05, 4.69) is 29.0 Å². The molecule has 0 aliphatic carbocycles. The first-order chi connectivity index (χ1) is 9.80.